The molecule has 6 aromatic carbocycles. The van der Waals surface area contributed by atoms with Gasteiger partial charge in [0.05, 0.1) is 0 Å². The van der Waals surface area contributed by atoms with Gasteiger partial charge in [0.15, 0.2) is 0 Å². The first-order valence-corrected chi connectivity index (χ1v) is 15.8. The van der Waals surface area contributed by atoms with Gasteiger partial charge in [0.2, 0.25) is 0 Å². The van der Waals surface area contributed by atoms with Gasteiger partial charge >= 0.3 is 0 Å². The van der Waals surface area contributed by atoms with Gasteiger partial charge in [-0.3, -0.25) is 0 Å². The van der Waals surface area contributed by atoms with E-state index < -0.39 is 0 Å². The minimum Gasteiger partial charge on any atom is -0.311 e. The Kier molecular flexibility index (Phi) is 12.2. The fraction of sp³-hybridized carbons (Fsp3) is 0.122. The van der Waals surface area contributed by atoms with Gasteiger partial charge in [0.25, 0.3) is 0 Å². The molecule has 2 heteroatoms. The normalized spacial score (nSPS) is 10.1. The SMILES string of the molecule is Cc1ccc(Cc2ccc(C)cc2)cc1.Cc1ccc(N(c2ccccc2)c2ccc(C)cc2)cc1.Ic1ccccc1. The Balaban J connectivity index is 0.000000167. The highest BCUT2D eigenvalue weighted by molar-refractivity contribution is 14.1. The summed E-state index contributed by atoms with van der Waals surface area (Å²) in [5.74, 6) is 0. The van der Waals surface area contributed by atoms with Gasteiger partial charge < -0.3 is 4.90 Å². The van der Waals surface area contributed by atoms with E-state index in [0.29, 0.717) is 0 Å². The first-order valence-electron chi connectivity index (χ1n) is 14.7. The van der Waals surface area contributed by atoms with Gasteiger partial charge in [0.1, 0.15) is 0 Å². The van der Waals surface area contributed by atoms with Crippen molar-refractivity contribution in [2.45, 2.75) is 34.1 Å². The quantitative estimate of drug-likeness (QED) is 0.165. The van der Waals surface area contributed by atoms with Crippen molar-refractivity contribution >= 4 is 39.7 Å². The monoisotopic (exact) mass is 673 g/mol. The van der Waals surface area contributed by atoms with E-state index in [1.807, 2.05) is 24.3 Å². The van der Waals surface area contributed by atoms with Crippen LogP contribution < -0.4 is 4.90 Å². The summed E-state index contributed by atoms with van der Waals surface area (Å²) in [6.45, 7) is 8.47. The molecule has 43 heavy (non-hydrogen) atoms. The number of benzene rings is 6. The molecule has 6 aromatic rings. The molecule has 0 heterocycles. The van der Waals surface area contributed by atoms with Crippen molar-refractivity contribution in [3.8, 4) is 0 Å². The highest BCUT2D eigenvalue weighted by atomic mass is 127. The predicted molar refractivity (Wildman–Crippen MR) is 195 cm³/mol. The summed E-state index contributed by atoms with van der Waals surface area (Å²) < 4.78 is 1.29. The molecule has 0 bridgehead atoms. The maximum absolute atomic E-state index is 2.28. The third kappa shape index (κ3) is 10.6. The number of anilines is 3. The first-order chi connectivity index (χ1) is 20.9. The highest BCUT2D eigenvalue weighted by Gasteiger charge is 2.11. The molecule has 0 atom stereocenters. The first kappa shape index (κ1) is 31.8. The molecule has 0 N–H and O–H groups in total. The number of hydrogen-bond acceptors (Lipinski definition) is 1. The number of aryl methyl sites for hydroxylation is 4. The Hall–Kier alpha value is -4.15. The Morgan fingerprint density at radius 3 is 1.00 bits per heavy atom. The number of para-hydroxylation sites is 1. The minimum absolute atomic E-state index is 1.03. The van der Waals surface area contributed by atoms with E-state index in [1.54, 1.807) is 0 Å². The van der Waals surface area contributed by atoms with Crippen LogP contribution in [-0.4, -0.2) is 0 Å². The fourth-order valence-electron chi connectivity index (χ4n) is 4.47. The Labute approximate surface area is 272 Å². The standard InChI is InChI=1S/C20H19N.C15H16.C6H5I/c1-16-8-12-19(13-9-16)21(18-6-4-3-5-7-18)20-14-10-17(2)11-15-20;1-12-3-7-14(8-4-12)11-15-9-5-13(2)6-10-15;7-6-4-2-1-3-5-6/h3-15H,1-2H3;3-10H,11H2,1-2H3;1-5H. The maximum Gasteiger partial charge on any atom is 0.0461 e. The smallest absolute Gasteiger partial charge is 0.0461 e. The summed E-state index contributed by atoms with van der Waals surface area (Å²) in [5.41, 5.74) is 11.5. The summed E-state index contributed by atoms with van der Waals surface area (Å²) in [7, 11) is 0. The van der Waals surface area contributed by atoms with E-state index >= 15 is 0 Å². The third-order valence-corrected chi connectivity index (χ3v) is 7.70. The second kappa shape index (κ2) is 16.5. The van der Waals surface area contributed by atoms with E-state index in [4.69, 9.17) is 0 Å². The molecule has 0 amide bonds. The zero-order valence-corrected chi connectivity index (χ0v) is 27.7. The van der Waals surface area contributed by atoms with Crippen LogP contribution in [0.15, 0.2) is 158 Å². The molecule has 0 aliphatic heterocycles. The van der Waals surface area contributed by atoms with E-state index in [-0.39, 0.29) is 0 Å². The van der Waals surface area contributed by atoms with Crippen LogP contribution in [0.4, 0.5) is 17.1 Å². The highest BCUT2D eigenvalue weighted by Crippen LogP contribution is 2.34. The number of hydrogen-bond donors (Lipinski definition) is 0. The van der Waals surface area contributed by atoms with Crippen LogP contribution in [0.3, 0.4) is 0 Å². The Morgan fingerprint density at radius 2 is 0.674 bits per heavy atom. The summed E-state index contributed by atoms with van der Waals surface area (Å²) in [6.07, 6.45) is 1.03. The lowest BCUT2D eigenvalue weighted by Crippen LogP contribution is -2.09. The average molecular weight is 674 g/mol. The molecule has 216 valence electrons. The summed E-state index contributed by atoms with van der Waals surface area (Å²) in [4.78, 5) is 2.28. The number of rotatable bonds is 5. The van der Waals surface area contributed by atoms with Crippen LogP contribution in [0.5, 0.6) is 0 Å². The molecule has 0 aromatic heterocycles. The molecule has 0 fully saturated rings. The molecule has 6 rings (SSSR count). The van der Waals surface area contributed by atoms with Gasteiger partial charge in [-0.1, -0.05) is 131 Å². The van der Waals surface area contributed by atoms with Crippen molar-refractivity contribution in [1.29, 1.82) is 0 Å². The van der Waals surface area contributed by atoms with E-state index in [0.717, 1.165) is 6.42 Å². The molecule has 0 unspecified atom stereocenters. The maximum atomic E-state index is 2.28. The molecule has 0 aliphatic carbocycles. The van der Waals surface area contributed by atoms with Crippen LogP contribution in [-0.2, 0) is 6.42 Å². The van der Waals surface area contributed by atoms with Crippen LogP contribution in [0.1, 0.15) is 33.4 Å². The van der Waals surface area contributed by atoms with Crippen LogP contribution in [0.2, 0.25) is 0 Å². The topological polar surface area (TPSA) is 3.24 Å². The lowest BCUT2D eigenvalue weighted by molar-refractivity contribution is 1.18. The van der Waals surface area contributed by atoms with Gasteiger partial charge in [0, 0.05) is 20.6 Å². The van der Waals surface area contributed by atoms with Gasteiger partial charge in [-0.2, -0.15) is 0 Å². The van der Waals surface area contributed by atoms with Gasteiger partial charge in [-0.05, 0) is 116 Å². The zero-order chi connectivity index (χ0) is 30.4. The Bertz CT molecular complexity index is 1530. The minimum atomic E-state index is 1.03. The second-order valence-electron chi connectivity index (χ2n) is 10.8. The van der Waals surface area contributed by atoms with Crippen molar-refractivity contribution in [2.24, 2.45) is 0 Å². The third-order valence-electron chi connectivity index (χ3n) is 6.98. The molecule has 0 radical (unpaired) electrons. The average Bonchev–Trinajstić information content (AvgIpc) is 3.03. The fourth-order valence-corrected chi connectivity index (χ4v) is 4.89. The molecular weight excluding hydrogens is 633 g/mol. The largest absolute Gasteiger partial charge is 0.311 e. The molecule has 0 aliphatic rings. The lowest BCUT2D eigenvalue weighted by Gasteiger charge is -2.25. The number of nitrogens with zero attached hydrogens (tertiary/aromatic N) is 1. The molecule has 0 saturated heterocycles. The lowest BCUT2D eigenvalue weighted by atomic mass is 10.0. The van der Waals surface area contributed by atoms with Crippen LogP contribution in [0, 0.1) is 31.3 Å². The molecule has 0 saturated carbocycles. The molecular formula is C41H40IN. The van der Waals surface area contributed by atoms with Crippen LogP contribution in [0.25, 0.3) is 0 Å². The van der Waals surface area contributed by atoms with Crippen molar-refractivity contribution in [3.63, 3.8) is 0 Å². The zero-order valence-electron chi connectivity index (χ0n) is 25.5. The van der Waals surface area contributed by atoms with Crippen molar-refractivity contribution in [3.05, 3.63) is 195 Å². The van der Waals surface area contributed by atoms with Gasteiger partial charge in [-0.15, -0.1) is 0 Å². The molecule has 1 nitrogen and oxygen atoms in total. The summed E-state index contributed by atoms with van der Waals surface area (Å²) >= 11 is 2.28. The van der Waals surface area contributed by atoms with Crippen molar-refractivity contribution in [1.82, 2.24) is 0 Å². The summed E-state index contributed by atoms with van der Waals surface area (Å²) in [5, 5.41) is 0. The van der Waals surface area contributed by atoms with Gasteiger partial charge in [-0.25, -0.2) is 0 Å². The summed E-state index contributed by atoms with van der Waals surface area (Å²) in [6, 6.07) is 55.5. The van der Waals surface area contributed by atoms with E-state index in [1.165, 1.54) is 54.0 Å². The van der Waals surface area contributed by atoms with Crippen molar-refractivity contribution in [2.75, 3.05) is 4.90 Å². The van der Waals surface area contributed by atoms with E-state index in [9.17, 15) is 0 Å². The van der Waals surface area contributed by atoms with Crippen LogP contribution >= 0.6 is 22.6 Å². The van der Waals surface area contributed by atoms with E-state index in [2.05, 4.69) is 189 Å². The molecule has 0 spiro atoms. The van der Waals surface area contributed by atoms with Crippen molar-refractivity contribution < 1.29 is 0 Å². The second-order valence-corrected chi connectivity index (χ2v) is 12.0. The Morgan fingerprint density at radius 1 is 0.372 bits per heavy atom. The predicted octanol–water partition coefficient (Wildman–Crippen LogP) is 12.0. The number of halogens is 1.